The first-order chi connectivity index (χ1) is 9.68. The van der Waals surface area contributed by atoms with Crippen molar-refractivity contribution in [1.29, 1.82) is 0 Å². The molecule has 0 fully saturated rings. The summed E-state index contributed by atoms with van der Waals surface area (Å²) in [6.45, 7) is 0. The number of benzene rings is 2. The van der Waals surface area contributed by atoms with Gasteiger partial charge < -0.3 is 5.11 Å². The van der Waals surface area contributed by atoms with E-state index in [1.165, 1.54) is 0 Å². The van der Waals surface area contributed by atoms with Gasteiger partial charge in [-0.1, -0.05) is 60.7 Å². The zero-order chi connectivity index (χ0) is 14.4. The summed E-state index contributed by atoms with van der Waals surface area (Å²) in [4.78, 5) is 23.3. The Kier molecular flexibility index (Phi) is 4.96. The molecule has 3 nitrogen and oxygen atoms in total. The molecule has 2 aromatic carbocycles. The minimum atomic E-state index is -0.920. The monoisotopic (exact) mass is 286 g/mol. The topological polar surface area (TPSA) is 54.4 Å². The van der Waals surface area contributed by atoms with Crippen LogP contribution in [-0.2, 0) is 4.79 Å². The fourth-order valence-corrected chi connectivity index (χ4v) is 2.81. The van der Waals surface area contributed by atoms with E-state index in [9.17, 15) is 9.59 Å². The maximum absolute atomic E-state index is 12.5. The summed E-state index contributed by atoms with van der Waals surface area (Å²) < 4.78 is 0. The third kappa shape index (κ3) is 3.71. The number of Topliss-reactive ketones (excluding diaryl/α,β-unsaturated/α-hetero) is 1. The van der Waals surface area contributed by atoms with Crippen LogP contribution in [0.4, 0.5) is 0 Å². The number of hydrogen-bond donors (Lipinski definition) is 1. The van der Waals surface area contributed by atoms with Gasteiger partial charge in [-0.2, -0.15) is 0 Å². The molecule has 20 heavy (non-hydrogen) atoms. The third-order valence-corrected chi connectivity index (χ3v) is 4.01. The third-order valence-electron chi connectivity index (χ3n) is 2.77. The number of thioether (sulfide) groups is 1. The van der Waals surface area contributed by atoms with E-state index < -0.39 is 11.2 Å². The van der Waals surface area contributed by atoms with Gasteiger partial charge in [-0.15, -0.1) is 11.8 Å². The molecule has 0 aromatic heterocycles. The van der Waals surface area contributed by atoms with Crippen LogP contribution in [0.15, 0.2) is 60.7 Å². The normalized spacial score (nSPS) is 11.8. The van der Waals surface area contributed by atoms with Gasteiger partial charge in [0.05, 0.1) is 11.0 Å². The molecule has 1 unspecified atom stereocenters. The quantitative estimate of drug-likeness (QED) is 0.827. The van der Waals surface area contributed by atoms with Crippen LogP contribution in [0.25, 0.3) is 0 Å². The Morgan fingerprint density at radius 1 is 0.950 bits per heavy atom. The van der Waals surface area contributed by atoms with Crippen LogP contribution in [0, 0.1) is 0 Å². The number of carboxylic acid groups (broad SMARTS) is 1. The summed E-state index contributed by atoms with van der Waals surface area (Å²) >= 11 is 1.14. The Bertz CT molecular complexity index is 581. The molecular formula is C16H14O3S. The summed E-state index contributed by atoms with van der Waals surface area (Å²) in [7, 11) is 0. The van der Waals surface area contributed by atoms with E-state index in [-0.39, 0.29) is 11.5 Å². The van der Waals surface area contributed by atoms with Crippen LogP contribution >= 0.6 is 11.8 Å². The van der Waals surface area contributed by atoms with Gasteiger partial charge in [0, 0.05) is 5.56 Å². The lowest BCUT2D eigenvalue weighted by Gasteiger charge is -2.15. The average molecular weight is 286 g/mol. The first kappa shape index (κ1) is 14.3. The van der Waals surface area contributed by atoms with Gasteiger partial charge in [0.25, 0.3) is 0 Å². The standard InChI is InChI=1S/C16H14O3S/c17-14(18)11-20-16(13-9-5-2-6-10-13)15(19)12-7-3-1-4-8-12/h1-10,16H,11H2,(H,17,18). The lowest BCUT2D eigenvalue weighted by atomic mass is 10.0. The predicted octanol–water partition coefficient (Wildman–Crippen LogP) is 3.43. The molecule has 1 N–H and O–H groups in total. The fraction of sp³-hybridized carbons (Fsp3) is 0.125. The molecule has 0 aliphatic carbocycles. The number of hydrogen-bond acceptors (Lipinski definition) is 3. The number of carbonyl (C=O) groups is 2. The van der Waals surface area contributed by atoms with Crippen molar-refractivity contribution in [2.45, 2.75) is 5.25 Å². The molecular weight excluding hydrogens is 272 g/mol. The van der Waals surface area contributed by atoms with Gasteiger partial charge in [-0.3, -0.25) is 9.59 Å². The number of rotatable bonds is 6. The van der Waals surface area contributed by atoms with Gasteiger partial charge in [-0.05, 0) is 5.56 Å². The Balaban J connectivity index is 2.27. The molecule has 0 amide bonds. The van der Waals surface area contributed by atoms with Gasteiger partial charge in [0.1, 0.15) is 0 Å². The van der Waals surface area contributed by atoms with Gasteiger partial charge in [0.15, 0.2) is 5.78 Å². The van der Waals surface area contributed by atoms with Crippen molar-refractivity contribution >= 4 is 23.5 Å². The molecule has 0 aliphatic rings. The lowest BCUT2D eigenvalue weighted by molar-refractivity contribution is -0.133. The molecule has 0 heterocycles. The van der Waals surface area contributed by atoms with Gasteiger partial charge >= 0.3 is 5.97 Å². The molecule has 0 saturated carbocycles. The zero-order valence-corrected chi connectivity index (χ0v) is 11.5. The smallest absolute Gasteiger partial charge is 0.313 e. The molecule has 0 aliphatic heterocycles. The molecule has 0 spiro atoms. The molecule has 0 saturated heterocycles. The van der Waals surface area contributed by atoms with Crippen molar-refractivity contribution in [3.8, 4) is 0 Å². The molecule has 2 aromatic rings. The molecule has 1 atom stereocenters. The van der Waals surface area contributed by atoms with Crippen LogP contribution < -0.4 is 0 Å². The van der Waals surface area contributed by atoms with E-state index in [1.807, 2.05) is 36.4 Å². The van der Waals surface area contributed by atoms with E-state index in [0.29, 0.717) is 5.56 Å². The van der Waals surface area contributed by atoms with Crippen molar-refractivity contribution in [1.82, 2.24) is 0 Å². The molecule has 2 rings (SSSR count). The van der Waals surface area contributed by atoms with Crippen LogP contribution in [0.5, 0.6) is 0 Å². The van der Waals surface area contributed by atoms with Crippen molar-refractivity contribution in [3.63, 3.8) is 0 Å². The number of aliphatic carboxylic acids is 1. The van der Waals surface area contributed by atoms with E-state index in [0.717, 1.165) is 17.3 Å². The van der Waals surface area contributed by atoms with E-state index >= 15 is 0 Å². The van der Waals surface area contributed by atoms with Crippen LogP contribution in [-0.4, -0.2) is 22.6 Å². The number of ketones is 1. The van der Waals surface area contributed by atoms with E-state index in [1.54, 1.807) is 24.3 Å². The number of carboxylic acids is 1. The lowest BCUT2D eigenvalue weighted by Crippen LogP contribution is -2.12. The first-order valence-electron chi connectivity index (χ1n) is 6.16. The zero-order valence-electron chi connectivity index (χ0n) is 10.7. The summed E-state index contributed by atoms with van der Waals surface area (Å²) in [5, 5.41) is 8.34. The van der Waals surface area contributed by atoms with E-state index in [2.05, 4.69) is 0 Å². The van der Waals surface area contributed by atoms with Gasteiger partial charge in [0.2, 0.25) is 0 Å². The molecule has 102 valence electrons. The fourth-order valence-electron chi connectivity index (χ4n) is 1.86. The summed E-state index contributed by atoms with van der Waals surface area (Å²) in [6, 6.07) is 18.2. The second kappa shape index (κ2) is 6.91. The van der Waals surface area contributed by atoms with Gasteiger partial charge in [-0.25, -0.2) is 0 Å². The maximum Gasteiger partial charge on any atom is 0.313 e. The Morgan fingerprint density at radius 3 is 2.05 bits per heavy atom. The van der Waals surface area contributed by atoms with Crippen LogP contribution in [0.1, 0.15) is 21.2 Å². The van der Waals surface area contributed by atoms with Crippen molar-refractivity contribution in [3.05, 3.63) is 71.8 Å². The maximum atomic E-state index is 12.5. The second-order valence-electron chi connectivity index (χ2n) is 4.23. The Hall–Kier alpha value is -2.07. The Labute approximate surface area is 121 Å². The van der Waals surface area contributed by atoms with Crippen molar-refractivity contribution in [2.24, 2.45) is 0 Å². The highest BCUT2D eigenvalue weighted by atomic mass is 32.2. The summed E-state index contributed by atoms with van der Waals surface area (Å²) in [6.07, 6.45) is 0. The first-order valence-corrected chi connectivity index (χ1v) is 7.21. The van der Waals surface area contributed by atoms with E-state index in [4.69, 9.17) is 5.11 Å². The van der Waals surface area contributed by atoms with Crippen LogP contribution in [0.2, 0.25) is 0 Å². The van der Waals surface area contributed by atoms with Crippen molar-refractivity contribution < 1.29 is 14.7 Å². The molecule has 0 bridgehead atoms. The minimum absolute atomic E-state index is 0.0666. The summed E-state index contributed by atoms with van der Waals surface area (Å²) in [5.74, 6) is -1.09. The van der Waals surface area contributed by atoms with Crippen molar-refractivity contribution in [2.75, 3.05) is 5.75 Å². The minimum Gasteiger partial charge on any atom is -0.481 e. The highest BCUT2D eigenvalue weighted by Gasteiger charge is 2.23. The second-order valence-corrected chi connectivity index (χ2v) is 5.32. The Morgan fingerprint density at radius 2 is 1.50 bits per heavy atom. The predicted molar refractivity (Wildman–Crippen MR) is 80.0 cm³/mol. The molecule has 0 radical (unpaired) electrons. The summed E-state index contributed by atoms with van der Waals surface area (Å²) in [5.41, 5.74) is 1.42. The molecule has 4 heteroatoms. The largest absolute Gasteiger partial charge is 0.481 e. The highest BCUT2D eigenvalue weighted by molar-refractivity contribution is 8.00. The number of carbonyl (C=O) groups excluding carboxylic acids is 1. The SMILES string of the molecule is O=C(O)CSC(C(=O)c1ccccc1)c1ccccc1. The van der Waals surface area contributed by atoms with Crippen LogP contribution in [0.3, 0.4) is 0 Å². The highest BCUT2D eigenvalue weighted by Crippen LogP contribution is 2.32. The average Bonchev–Trinajstić information content (AvgIpc) is 2.49.